The Labute approximate surface area is 186 Å². The van der Waals surface area contributed by atoms with Crippen LogP contribution in [-0.4, -0.2) is 77.1 Å². The van der Waals surface area contributed by atoms with Gasteiger partial charge in [0.1, 0.15) is 0 Å². The zero-order valence-corrected chi connectivity index (χ0v) is 18.1. The van der Waals surface area contributed by atoms with Crippen LogP contribution in [-0.2, 0) is 9.53 Å². The van der Waals surface area contributed by atoms with Gasteiger partial charge in [-0.25, -0.2) is 4.79 Å². The highest BCUT2D eigenvalue weighted by Crippen LogP contribution is 2.27. The quantitative estimate of drug-likeness (QED) is 0.718. The zero-order valence-electron chi connectivity index (χ0n) is 17.3. The molecule has 4 rings (SSSR count). The van der Waals surface area contributed by atoms with E-state index >= 15 is 0 Å². The number of halogens is 3. The van der Waals surface area contributed by atoms with Crippen molar-refractivity contribution in [2.24, 2.45) is 5.92 Å². The standard InChI is InChI=1S/C18H22N4O2S.C2HF3O2/c1-13-2-3-17(20-19-13)21-7-8-24-16-11-22(6-4-14(16)10-21)18(23)15-5-9-25-12-15;3-2(4,5)1(6)7/h2-3,5,9,12,14,16H,4,6-8,10-11H2,1H3;(H,6,7)/t14-,16-;/m1./s1. The monoisotopic (exact) mass is 472 g/mol. The molecule has 2 aliphatic rings. The summed E-state index contributed by atoms with van der Waals surface area (Å²) in [5.41, 5.74) is 1.71. The van der Waals surface area contributed by atoms with E-state index in [4.69, 9.17) is 14.6 Å². The van der Waals surface area contributed by atoms with Crippen molar-refractivity contribution in [3.63, 3.8) is 0 Å². The van der Waals surface area contributed by atoms with Crippen molar-refractivity contribution in [3.05, 3.63) is 40.2 Å². The number of likely N-dealkylation sites (tertiary alicyclic amines) is 1. The van der Waals surface area contributed by atoms with E-state index in [1.807, 2.05) is 40.8 Å². The van der Waals surface area contributed by atoms with Crippen molar-refractivity contribution < 1.29 is 32.6 Å². The van der Waals surface area contributed by atoms with Gasteiger partial charge in [0, 0.05) is 37.5 Å². The Kier molecular flexibility index (Phi) is 7.67. The van der Waals surface area contributed by atoms with Crippen LogP contribution in [0.15, 0.2) is 29.0 Å². The van der Waals surface area contributed by atoms with Crippen LogP contribution in [0, 0.1) is 12.8 Å². The molecule has 1 N–H and O–H groups in total. The van der Waals surface area contributed by atoms with Crippen LogP contribution in [0.4, 0.5) is 19.0 Å². The Bertz CT molecular complexity index is 909. The van der Waals surface area contributed by atoms with Gasteiger partial charge < -0.3 is 19.6 Å². The first-order valence-electron chi connectivity index (χ1n) is 9.93. The molecule has 4 heterocycles. The minimum absolute atomic E-state index is 0.0970. The summed E-state index contributed by atoms with van der Waals surface area (Å²) in [7, 11) is 0. The molecule has 0 bridgehead atoms. The third-order valence-electron chi connectivity index (χ3n) is 5.25. The first kappa shape index (κ1) is 23.9. The predicted molar refractivity (Wildman–Crippen MR) is 111 cm³/mol. The summed E-state index contributed by atoms with van der Waals surface area (Å²) in [5.74, 6) is -1.31. The second-order valence-corrected chi connectivity index (χ2v) is 8.28. The molecule has 12 heteroatoms. The summed E-state index contributed by atoms with van der Waals surface area (Å²) in [6.45, 7) is 5.77. The smallest absolute Gasteiger partial charge is 0.475 e. The lowest BCUT2D eigenvalue weighted by molar-refractivity contribution is -0.192. The molecular formula is C20H23F3N4O4S. The molecule has 2 aromatic heterocycles. The molecular weight excluding hydrogens is 449 g/mol. The first-order chi connectivity index (χ1) is 15.1. The van der Waals surface area contributed by atoms with Gasteiger partial charge >= 0.3 is 12.1 Å². The number of carbonyl (C=O) groups excluding carboxylic acids is 1. The van der Waals surface area contributed by atoms with Gasteiger partial charge in [0.05, 0.1) is 24.0 Å². The summed E-state index contributed by atoms with van der Waals surface area (Å²) >= 11 is 1.56. The van der Waals surface area contributed by atoms with Crippen molar-refractivity contribution in [2.75, 3.05) is 37.7 Å². The molecule has 1 amide bonds. The Hall–Kier alpha value is -2.73. The van der Waals surface area contributed by atoms with Crippen molar-refractivity contribution in [1.29, 1.82) is 0 Å². The van der Waals surface area contributed by atoms with E-state index in [1.54, 1.807) is 11.3 Å². The maximum absolute atomic E-state index is 12.6. The fraction of sp³-hybridized carbons (Fsp3) is 0.500. The van der Waals surface area contributed by atoms with Gasteiger partial charge in [-0.1, -0.05) is 0 Å². The highest BCUT2D eigenvalue weighted by Gasteiger charge is 2.38. The van der Waals surface area contributed by atoms with Gasteiger partial charge in [-0.15, -0.1) is 5.10 Å². The molecule has 0 aliphatic carbocycles. The van der Waals surface area contributed by atoms with E-state index in [1.165, 1.54) is 0 Å². The van der Waals surface area contributed by atoms with Crippen LogP contribution in [0.2, 0.25) is 0 Å². The number of piperidine rings is 1. The number of thiophene rings is 1. The van der Waals surface area contributed by atoms with E-state index in [0.717, 1.165) is 43.1 Å². The number of anilines is 1. The topological polar surface area (TPSA) is 95.9 Å². The Morgan fingerprint density at radius 3 is 2.53 bits per heavy atom. The number of carbonyl (C=O) groups is 2. The van der Waals surface area contributed by atoms with Crippen LogP contribution >= 0.6 is 11.3 Å². The number of alkyl halides is 3. The molecule has 8 nitrogen and oxygen atoms in total. The largest absolute Gasteiger partial charge is 0.490 e. The highest BCUT2D eigenvalue weighted by atomic mass is 32.1. The van der Waals surface area contributed by atoms with E-state index in [0.29, 0.717) is 19.1 Å². The number of carboxylic acid groups (broad SMARTS) is 1. The number of fused-ring (bicyclic) bond motifs is 1. The number of rotatable bonds is 2. The molecule has 2 saturated heterocycles. The third-order valence-corrected chi connectivity index (χ3v) is 5.93. The lowest BCUT2D eigenvalue weighted by Gasteiger charge is -2.38. The van der Waals surface area contributed by atoms with Crippen molar-refractivity contribution in [3.8, 4) is 0 Å². The van der Waals surface area contributed by atoms with Crippen LogP contribution in [0.3, 0.4) is 0 Å². The summed E-state index contributed by atoms with van der Waals surface area (Å²) in [4.78, 5) is 25.7. The van der Waals surface area contributed by atoms with Crippen LogP contribution in [0.5, 0.6) is 0 Å². The van der Waals surface area contributed by atoms with E-state index in [2.05, 4.69) is 15.1 Å². The van der Waals surface area contributed by atoms with Gasteiger partial charge in [0.2, 0.25) is 0 Å². The third kappa shape index (κ3) is 6.16. The fourth-order valence-electron chi connectivity index (χ4n) is 3.57. The SMILES string of the molecule is Cc1ccc(N2CCO[C@@H]3CN(C(=O)c4ccsc4)CC[C@@H]3C2)nn1.O=C(O)C(F)(F)F. The van der Waals surface area contributed by atoms with E-state index in [9.17, 15) is 18.0 Å². The van der Waals surface area contributed by atoms with Crippen LogP contribution < -0.4 is 4.90 Å². The number of aromatic nitrogens is 2. The predicted octanol–water partition coefficient (Wildman–Crippen LogP) is 2.85. The molecule has 0 radical (unpaired) electrons. The summed E-state index contributed by atoms with van der Waals surface area (Å²) in [6.07, 6.45) is -4.03. The molecule has 2 fully saturated rings. The molecule has 2 atom stereocenters. The van der Waals surface area contributed by atoms with Gasteiger partial charge in [-0.05, 0) is 36.9 Å². The van der Waals surface area contributed by atoms with E-state index in [-0.39, 0.29) is 12.0 Å². The fourth-order valence-corrected chi connectivity index (χ4v) is 4.20. The molecule has 2 aromatic rings. The lowest BCUT2D eigenvalue weighted by atomic mass is 9.93. The molecule has 2 aliphatic heterocycles. The van der Waals surface area contributed by atoms with Gasteiger partial charge in [-0.3, -0.25) is 4.79 Å². The number of hydrogen-bond acceptors (Lipinski definition) is 7. The first-order valence-corrected chi connectivity index (χ1v) is 10.9. The zero-order chi connectivity index (χ0) is 23.3. The second-order valence-electron chi connectivity index (χ2n) is 7.50. The normalized spacial score (nSPS) is 21.1. The Morgan fingerprint density at radius 1 is 1.19 bits per heavy atom. The average Bonchev–Trinajstić information content (AvgIpc) is 3.20. The summed E-state index contributed by atoms with van der Waals surface area (Å²) in [6, 6.07) is 5.91. The summed E-state index contributed by atoms with van der Waals surface area (Å²) < 4.78 is 37.8. The number of nitrogens with zero attached hydrogens (tertiary/aromatic N) is 4. The number of aliphatic carboxylic acids is 1. The maximum Gasteiger partial charge on any atom is 0.490 e. The maximum atomic E-state index is 12.6. The minimum Gasteiger partial charge on any atom is -0.475 e. The van der Waals surface area contributed by atoms with Crippen molar-refractivity contribution in [2.45, 2.75) is 25.6 Å². The minimum atomic E-state index is -5.08. The molecule has 32 heavy (non-hydrogen) atoms. The van der Waals surface area contributed by atoms with Crippen molar-refractivity contribution >= 4 is 29.0 Å². The highest BCUT2D eigenvalue weighted by molar-refractivity contribution is 7.08. The Balaban J connectivity index is 0.000000360. The van der Waals surface area contributed by atoms with E-state index < -0.39 is 12.1 Å². The molecule has 0 spiro atoms. The molecule has 0 aromatic carbocycles. The molecule has 0 unspecified atom stereocenters. The van der Waals surface area contributed by atoms with Gasteiger partial charge in [0.25, 0.3) is 5.91 Å². The molecule has 174 valence electrons. The molecule has 0 saturated carbocycles. The van der Waals surface area contributed by atoms with Gasteiger partial charge in [-0.2, -0.15) is 29.6 Å². The van der Waals surface area contributed by atoms with Crippen LogP contribution in [0.1, 0.15) is 22.5 Å². The number of aryl methyl sites for hydroxylation is 1. The lowest BCUT2D eigenvalue weighted by Crippen LogP contribution is -2.49. The number of amides is 1. The van der Waals surface area contributed by atoms with Crippen LogP contribution in [0.25, 0.3) is 0 Å². The number of hydrogen-bond donors (Lipinski definition) is 1. The second kappa shape index (κ2) is 10.3. The summed E-state index contributed by atoms with van der Waals surface area (Å²) in [5, 5.41) is 19.5. The average molecular weight is 472 g/mol. The van der Waals surface area contributed by atoms with Gasteiger partial charge in [0.15, 0.2) is 5.82 Å². The number of carboxylic acids is 1. The number of ether oxygens (including phenoxy) is 1. The van der Waals surface area contributed by atoms with Crippen molar-refractivity contribution in [1.82, 2.24) is 15.1 Å². The Morgan fingerprint density at radius 2 is 1.94 bits per heavy atom.